The van der Waals surface area contributed by atoms with E-state index in [1.165, 1.54) is 18.2 Å². The number of fused-ring (bicyclic) bond motifs is 2. The molecule has 2 amide bonds. The lowest BCUT2D eigenvalue weighted by molar-refractivity contribution is 0.251. The predicted octanol–water partition coefficient (Wildman–Crippen LogP) is 1.21. The fourth-order valence-electron chi connectivity index (χ4n) is 3.93. The molecule has 7 nitrogen and oxygen atoms in total. The first-order chi connectivity index (χ1) is 12.3. The van der Waals surface area contributed by atoms with E-state index in [1.807, 2.05) is 19.0 Å². The number of likely N-dealkylation sites (N-methyl/N-ethyl adjacent to an activating group) is 1. The second-order valence-corrected chi connectivity index (χ2v) is 8.83. The van der Waals surface area contributed by atoms with Crippen LogP contribution in [0.3, 0.4) is 0 Å². The molecule has 0 saturated carbocycles. The molecule has 8 heteroatoms. The fourth-order valence-corrected chi connectivity index (χ4v) is 5.18. The summed E-state index contributed by atoms with van der Waals surface area (Å²) in [5, 5.41) is 2.51. The van der Waals surface area contributed by atoms with Crippen LogP contribution in [0.2, 0.25) is 0 Å². The summed E-state index contributed by atoms with van der Waals surface area (Å²) in [6.07, 6.45) is 5.54. The van der Waals surface area contributed by atoms with Gasteiger partial charge in [0.05, 0.1) is 5.69 Å². The van der Waals surface area contributed by atoms with Crippen LogP contribution in [0.15, 0.2) is 6.07 Å². The van der Waals surface area contributed by atoms with Crippen LogP contribution in [0.4, 0.5) is 10.5 Å². The Balaban J connectivity index is 2.06. The van der Waals surface area contributed by atoms with Gasteiger partial charge in [0, 0.05) is 20.1 Å². The molecule has 144 valence electrons. The standard InChI is InChI=1S/C18H28N4O3S/c1-19-18(23)22(26(24,25)20-10-11-21(2)3)17-15-8-4-6-13(15)12-14-7-5-9-16(14)17/h12,20H,4-11H2,1-3H3,(H,19,23). The second-order valence-electron chi connectivity index (χ2n) is 7.23. The number of carbonyl (C=O) groups excluding carboxylic acids is 1. The normalized spacial score (nSPS) is 15.8. The van der Waals surface area contributed by atoms with Crippen molar-refractivity contribution in [2.75, 3.05) is 38.5 Å². The third-order valence-electron chi connectivity index (χ3n) is 5.13. The molecule has 26 heavy (non-hydrogen) atoms. The third-order valence-corrected chi connectivity index (χ3v) is 6.52. The Morgan fingerprint density at radius 3 is 2.15 bits per heavy atom. The molecule has 1 aromatic carbocycles. The maximum Gasteiger partial charge on any atom is 0.336 e. The van der Waals surface area contributed by atoms with Crippen molar-refractivity contribution in [3.8, 4) is 0 Å². The molecule has 3 rings (SSSR count). The maximum absolute atomic E-state index is 13.0. The lowest BCUT2D eigenvalue weighted by Gasteiger charge is -2.27. The van der Waals surface area contributed by atoms with Gasteiger partial charge in [0.15, 0.2) is 0 Å². The van der Waals surface area contributed by atoms with Crippen molar-refractivity contribution in [1.29, 1.82) is 0 Å². The van der Waals surface area contributed by atoms with Gasteiger partial charge in [-0.1, -0.05) is 6.07 Å². The summed E-state index contributed by atoms with van der Waals surface area (Å²) in [5.74, 6) is 0. The van der Waals surface area contributed by atoms with Gasteiger partial charge in [-0.15, -0.1) is 0 Å². The molecule has 2 aliphatic rings. The third kappa shape index (κ3) is 3.58. The van der Waals surface area contributed by atoms with Crippen molar-refractivity contribution in [1.82, 2.24) is 14.9 Å². The number of anilines is 1. The average Bonchev–Trinajstić information content (AvgIpc) is 3.22. The molecule has 0 bridgehead atoms. The summed E-state index contributed by atoms with van der Waals surface area (Å²) in [6, 6.07) is 1.61. The number of carbonyl (C=O) groups is 1. The molecule has 0 saturated heterocycles. The maximum atomic E-state index is 13.0. The number of benzene rings is 1. The monoisotopic (exact) mass is 380 g/mol. The Kier molecular flexibility index (Phi) is 5.55. The van der Waals surface area contributed by atoms with Crippen molar-refractivity contribution in [3.63, 3.8) is 0 Å². The first-order valence-corrected chi connectivity index (χ1v) is 10.6. The van der Waals surface area contributed by atoms with Crippen LogP contribution < -0.4 is 14.3 Å². The van der Waals surface area contributed by atoms with Crippen LogP contribution >= 0.6 is 0 Å². The van der Waals surface area contributed by atoms with E-state index < -0.39 is 16.2 Å². The van der Waals surface area contributed by atoms with E-state index in [2.05, 4.69) is 16.1 Å². The fraction of sp³-hybridized carbons (Fsp3) is 0.611. The van der Waals surface area contributed by atoms with E-state index in [-0.39, 0.29) is 6.54 Å². The lowest BCUT2D eigenvalue weighted by atomic mass is 9.99. The SMILES string of the molecule is CNC(=O)N(c1c2c(cc3c1CCC3)CCC2)S(=O)(=O)NCCN(C)C. The average molecular weight is 381 g/mol. The summed E-state index contributed by atoms with van der Waals surface area (Å²) < 4.78 is 29.6. The topological polar surface area (TPSA) is 81.8 Å². The van der Waals surface area contributed by atoms with E-state index in [9.17, 15) is 13.2 Å². The van der Waals surface area contributed by atoms with Crippen LogP contribution in [-0.4, -0.2) is 53.6 Å². The van der Waals surface area contributed by atoms with Gasteiger partial charge in [0.1, 0.15) is 0 Å². The number of urea groups is 1. The summed E-state index contributed by atoms with van der Waals surface area (Å²) in [5.41, 5.74) is 5.03. The van der Waals surface area contributed by atoms with Crippen LogP contribution in [0, 0.1) is 0 Å². The van der Waals surface area contributed by atoms with Gasteiger partial charge in [0.25, 0.3) is 0 Å². The Labute approximate surface area is 155 Å². The second kappa shape index (κ2) is 7.54. The van der Waals surface area contributed by atoms with E-state index >= 15 is 0 Å². The Morgan fingerprint density at radius 1 is 1.08 bits per heavy atom. The minimum atomic E-state index is -3.98. The molecule has 0 spiro atoms. The largest absolute Gasteiger partial charge is 0.340 e. The van der Waals surface area contributed by atoms with Crippen LogP contribution in [0.1, 0.15) is 35.1 Å². The smallest absolute Gasteiger partial charge is 0.336 e. The van der Waals surface area contributed by atoms with E-state index in [0.29, 0.717) is 12.2 Å². The molecule has 2 N–H and O–H groups in total. The molecule has 0 aromatic heterocycles. The van der Waals surface area contributed by atoms with Crippen molar-refractivity contribution < 1.29 is 13.2 Å². The van der Waals surface area contributed by atoms with Gasteiger partial charge in [0.2, 0.25) is 0 Å². The van der Waals surface area contributed by atoms with Gasteiger partial charge in [-0.2, -0.15) is 17.4 Å². The summed E-state index contributed by atoms with van der Waals surface area (Å²) >= 11 is 0. The first kappa shape index (κ1) is 19.1. The molecule has 0 fully saturated rings. The van der Waals surface area contributed by atoms with Gasteiger partial charge >= 0.3 is 16.2 Å². The van der Waals surface area contributed by atoms with Crippen molar-refractivity contribution in [2.24, 2.45) is 0 Å². The number of hydrogen-bond acceptors (Lipinski definition) is 4. The van der Waals surface area contributed by atoms with Gasteiger partial charge in [-0.3, -0.25) is 0 Å². The zero-order valence-corrected chi connectivity index (χ0v) is 16.6. The number of nitrogens with one attached hydrogen (secondary N) is 2. The molecule has 0 atom stereocenters. The quantitative estimate of drug-likeness (QED) is 0.777. The predicted molar refractivity (Wildman–Crippen MR) is 103 cm³/mol. The zero-order chi connectivity index (χ0) is 18.9. The lowest BCUT2D eigenvalue weighted by Crippen LogP contribution is -2.50. The summed E-state index contributed by atoms with van der Waals surface area (Å²) in [6.45, 7) is 0.811. The van der Waals surface area contributed by atoms with Crippen LogP contribution in [0.25, 0.3) is 0 Å². The summed E-state index contributed by atoms with van der Waals surface area (Å²) in [4.78, 5) is 14.5. The van der Waals surface area contributed by atoms with Crippen LogP contribution in [0.5, 0.6) is 0 Å². The number of nitrogens with zero attached hydrogens (tertiary/aromatic N) is 2. The minimum absolute atomic E-state index is 0.250. The zero-order valence-electron chi connectivity index (χ0n) is 15.8. The molecule has 1 aromatic rings. The van der Waals surface area contributed by atoms with E-state index in [1.54, 1.807) is 0 Å². The molecule has 2 aliphatic carbocycles. The van der Waals surface area contributed by atoms with Crippen molar-refractivity contribution in [2.45, 2.75) is 38.5 Å². The molecular weight excluding hydrogens is 352 g/mol. The highest BCUT2D eigenvalue weighted by Crippen LogP contribution is 2.41. The van der Waals surface area contributed by atoms with E-state index in [0.717, 1.165) is 54.0 Å². The highest BCUT2D eigenvalue weighted by atomic mass is 32.2. The van der Waals surface area contributed by atoms with Crippen LogP contribution in [-0.2, 0) is 35.9 Å². The molecule has 0 unspecified atom stereocenters. The van der Waals surface area contributed by atoms with Gasteiger partial charge in [-0.05, 0) is 74.9 Å². The Bertz CT molecular complexity index is 773. The number of rotatable bonds is 6. The minimum Gasteiger partial charge on any atom is -0.340 e. The number of hydrogen-bond donors (Lipinski definition) is 2. The summed E-state index contributed by atoms with van der Waals surface area (Å²) in [7, 11) is 1.24. The number of aryl methyl sites for hydroxylation is 2. The van der Waals surface area contributed by atoms with Crippen molar-refractivity contribution in [3.05, 3.63) is 28.3 Å². The molecular formula is C18H28N4O3S. The number of amides is 2. The highest BCUT2D eigenvalue weighted by molar-refractivity contribution is 7.91. The Hall–Kier alpha value is -1.64. The van der Waals surface area contributed by atoms with Gasteiger partial charge < -0.3 is 10.2 Å². The van der Waals surface area contributed by atoms with Crippen molar-refractivity contribution >= 4 is 21.9 Å². The molecule has 0 heterocycles. The highest BCUT2D eigenvalue weighted by Gasteiger charge is 2.36. The van der Waals surface area contributed by atoms with Gasteiger partial charge in [-0.25, -0.2) is 4.79 Å². The Morgan fingerprint density at radius 2 is 1.65 bits per heavy atom. The van der Waals surface area contributed by atoms with E-state index in [4.69, 9.17) is 0 Å². The molecule has 0 aliphatic heterocycles. The first-order valence-electron chi connectivity index (χ1n) is 9.18. The molecule has 0 radical (unpaired) electrons.